The van der Waals surface area contributed by atoms with Crippen LogP contribution >= 0.6 is 0 Å². The zero-order valence-corrected chi connectivity index (χ0v) is 29.0. The third-order valence-corrected chi connectivity index (χ3v) is 11.1. The lowest BCUT2D eigenvalue weighted by Crippen LogP contribution is -2.06. The molecule has 0 saturated carbocycles. The van der Waals surface area contributed by atoms with Crippen molar-refractivity contribution in [1.29, 1.82) is 0 Å². The summed E-state index contributed by atoms with van der Waals surface area (Å²) in [4.78, 5) is 15.3. The molecule has 0 saturated heterocycles. The third-order valence-electron chi connectivity index (χ3n) is 11.1. The Bertz CT molecular complexity index is 3320. The van der Waals surface area contributed by atoms with Gasteiger partial charge >= 0.3 is 0 Å². The van der Waals surface area contributed by atoms with Crippen LogP contribution in [0.3, 0.4) is 0 Å². The fourth-order valence-electron chi connectivity index (χ4n) is 8.63. The highest BCUT2D eigenvalue weighted by molar-refractivity contribution is 6.23. The normalized spacial score (nSPS) is 12.1. The molecule has 0 unspecified atom stereocenters. The molecule has 0 amide bonds. The number of hydrogen-bond donors (Lipinski definition) is 0. The molecule has 54 heavy (non-hydrogen) atoms. The first-order chi connectivity index (χ1) is 26.8. The summed E-state index contributed by atoms with van der Waals surface area (Å²) in [6, 6.07) is 60.4. The smallest absolute Gasteiger partial charge is 0.164 e. The summed E-state index contributed by atoms with van der Waals surface area (Å²) in [6.07, 6.45) is 2.23. The van der Waals surface area contributed by atoms with Gasteiger partial charge in [0.2, 0.25) is 0 Å². The topological polar surface area (TPSA) is 48.0 Å². The average molecular weight is 688 g/mol. The molecule has 2 aliphatic rings. The van der Waals surface area contributed by atoms with Crippen LogP contribution in [-0.2, 0) is 0 Å². The predicted molar refractivity (Wildman–Crippen MR) is 222 cm³/mol. The van der Waals surface area contributed by atoms with Crippen LogP contribution in [0.4, 0.5) is 0 Å². The van der Waals surface area contributed by atoms with Gasteiger partial charge in [0.1, 0.15) is 0 Å². The molecule has 0 bridgehead atoms. The summed E-state index contributed by atoms with van der Waals surface area (Å²) in [5, 5.41) is 8.54. The number of nitrogens with zero attached hydrogens (tertiary/aromatic N) is 5. The van der Waals surface area contributed by atoms with Crippen LogP contribution in [0, 0.1) is 0 Å². The number of hydrogen-bond acceptors (Lipinski definition) is 3. The highest BCUT2D eigenvalue weighted by atomic mass is 15.1. The first kappa shape index (κ1) is 29.2. The minimum Gasteiger partial charge on any atom is -0.313 e. The number of benzene rings is 8. The molecular formula is C49H29N5. The Balaban J connectivity index is 1.14. The lowest BCUT2D eigenvalue weighted by molar-refractivity contribution is 1.08. The van der Waals surface area contributed by atoms with E-state index in [1.807, 2.05) is 36.4 Å². The molecule has 0 radical (unpaired) electrons. The van der Waals surface area contributed by atoms with Gasteiger partial charge in [-0.1, -0.05) is 127 Å². The van der Waals surface area contributed by atoms with E-state index in [1.54, 1.807) is 0 Å². The molecule has 0 aliphatic carbocycles. The van der Waals surface area contributed by atoms with E-state index in [4.69, 9.17) is 15.0 Å². The summed E-state index contributed by atoms with van der Waals surface area (Å²) in [5.74, 6) is 1.95. The van der Waals surface area contributed by atoms with Crippen LogP contribution in [0.1, 0.15) is 0 Å². The highest BCUT2D eigenvalue weighted by Crippen LogP contribution is 2.45. The second-order valence-corrected chi connectivity index (χ2v) is 14.1. The van der Waals surface area contributed by atoms with E-state index in [1.165, 1.54) is 54.7 Å². The van der Waals surface area contributed by atoms with Crippen molar-refractivity contribution >= 4 is 59.8 Å². The van der Waals surface area contributed by atoms with Gasteiger partial charge in [0.25, 0.3) is 0 Å². The van der Waals surface area contributed by atoms with Gasteiger partial charge in [-0.2, -0.15) is 0 Å². The van der Waals surface area contributed by atoms with E-state index in [0.717, 1.165) is 38.6 Å². The van der Waals surface area contributed by atoms with Gasteiger partial charge in [0, 0.05) is 39.0 Å². The number of rotatable bonds is 4. The fourth-order valence-corrected chi connectivity index (χ4v) is 8.63. The zero-order chi connectivity index (χ0) is 35.3. The fraction of sp³-hybridized carbons (Fsp3) is 0. The predicted octanol–water partition coefficient (Wildman–Crippen LogP) is 12.2. The van der Waals surface area contributed by atoms with E-state index in [-0.39, 0.29) is 0 Å². The maximum atomic E-state index is 5.14. The maximum Gasteiger partial charge on any atom is 0.164 e. The Morgan fingerprint density at radius 3 is 1.83 bits per heavy atom. The molecule has 0 spiro atoms. The molecule has 0 fully saturated rings. The third kappa shape index (κ3) is 4.18. The van der Waals surface area contributed by atoms with Crippen LogP contribution < -0.4 is 0 Å². The van der Waals surface area contributed by atoms with E-state index in [9.17, 15) is 0 Å². The Labute approximate surface area is 309 Å². The van der Waals surface area contributed by atoms with E-state index >= 15 is 0 Å². The second kappa shape index (κ2) is 11.1. The van der Waals surface area contributed by atoms with Gasteiger partial charge in [0.05, 0.1) is 27.8 Å². The summed E-state index contributed by atoms with van der Waals surface area (Å²) in [5.41, 5.74) is 11.2. The van der Waals surface area contributed by atoms with Crippen molar-refractivity contribution in [2.45, 2.75) is 0 Å². The maximum absolute atomic E-state index is 5.14. The van der Waals surface area contributed by atoms with E-state index in [0.29, 0.717) is 17.5 Å². The Kier molecular flexibility index (Phi) is 5.99. The summed E-state index contributed by atoms with van der Waals surface area (Å²) < 4.78 is 4.86. The molecule has 2 aromatic heterocycles. The lowest BCUT2D eigenvalue weighted by atomic mass is 9.95. The van der Waals surface area contributed by atoms with Crippen molar-refractivity contribution in [2.24, 2.45) is 0 Å². The van der Waals surface area contributed by atoms with Crippen molar-refractivity contribution < 1.29 is 0 Å². The minimum atomic E-state index is 0.647. The first-order valence-corrected chi connectivity index (χ1v) is 18.3. The van der Waals surface area contributed by atoms with Gasteiger partial charge in [-0.25, -0.2) is 15.0 Å². The van der Waals surface area contributed by atoms with Gasteiger partial charge in [-0.3, -0.25) is 0 Å². The quantitative estimate of drug-likeness (QED) is 0.137. The number of pyridine rings is 1. The number of aromatic nitrogens is 5. The average Bonchev–Trinajstić information content (AvgIpc) is 3.58. The van der Waals surface area contributed by atoms with E-state index < -0.39 is 0 Å². The van der Waals surface area contributed by atoms with Crippen molar-refractivity contribution in [1.82, 2.24) is 23.9 Å². The lowest BCUT2D eigenvalue weighted by Gasteiger charge is -2.22. The Morgan fingerprint density at radius 2 is 1.04 bits per heavy atom. The molecule has 8 aromatic carbocycles. The van der Waals surface area contributed by atoms with Crippen LogP contribution in [0.2, 0.25) is 0 Å². The second-order valence-electron chi connectivity index (χ2n) is 14.1. The molecule has 0 atom stereocenters. The summed E-state index contributed by atoms with van der Waals surface area (Å²) >= 11 is 0. The molecule has 250 valence electrons. The molecule has 12 rings (SSSR count). The molecule has 2 aliphatic heterocycles. The molecule has 4 heterocycles. The zero-order valence-electron chi connectivity index (χ0n) is 29.0. The van der Waals surface area contributed by atoms with Crippen molar-refractivity contribution in [3.63, 3.8) is 0 Å². The molecular weight excluding hydrogens is 659 g/mol. The number of para-hydroxylation sites is 2. The standard InChI is InChI=1S/C49H29N5/c1-3-12-31(13-4-1)47-50-48(32-14-5-2-6-15-32)52-49(51-47)40-28-36(26-34-16-7-8-19-37(34)40)33-22-23-38-39-27-35-18-11-17-30-24-25-53-41-20-9-10-21-42(41)54(43(38)29-33)45(39)46(53)44(30)35/h1-29H. The first-order valence-electron chi connectivity index (χ1n) is 18.3. The SMILES string of the molecule is c1ccc(-c2nc(-c3ccccc3)nc(-c3cc(-c4ccc5c6cc7cccc8ccn9c%10ccccc%10n(c5c4)c6c-9c87)cc4ccccc34)n2)cc1. The molecule has 5 heteroatoms. The van der Waals surface area contributed by atoms with Crippen molar-refractivity contribution in [3.05, 3.63) is 176 Å². The van der Waals surface area contributed by atoms with E-state index in [2.05, 4.69) is 149 Å². The van der Waals surface area contributed by atoms with Gasteiger partial charge < -0.3 is 8.97 Å². The Hall–Kier alpha value is -7.37. The summed E-state index contributed by atoms with van der Waals surface area (Å²) in [7, 11) is 0. The van der Waals surface area contributed by atoms with Crippen LogP contribution in [0.15, 0.2) is 176 Å². The minimum absolute atomic E-state index is 0.647. The van der Waals surface area contributed by atoms with Crippen LogP contribution in [0.5, 0.6) is 0 Å². The largest absolute Gasteiger partial charge is 0.313 e. The number of fused-ring (bicyclic) bond motifs is 7. The Morgan fingerprint density at radius 1 is 0.370 bits per heavy atom. The highest BCUT2D eigenvalue weighted by Gasteiger charge is 2.24. The van der Waals surface area contributed by atoms with Gasteiger partial charge in [0.15, 0.2) is 17.5 Å². The summed E-state index contributed by atoms with van der Waals surface area (Å²) in [6.45, 7) is 0. The molecule has 0 N–H and O–H groups in total. The molecule has 10 aromatic rings. The van der Waals surface area contributed by atoms with Crippen molar-refractivity contribution in [2.75, 3.05) is 0 Å². The van der Waals surface area contributed by atoms with Gasteiger partial charge in [-0.15, -0.1) is 0 Å². The molecule has 5 nitrogen and oxygen atoms in total. The monoisotopic (exact) mass is 687 g/mol. The van der Waals surface area contributed by atoms with Crippen molar-refractivity contribution in [3.8, 4) is 51.0 Å². The van der Waals surface area contributed by atoms with Crippen LogP contribution in [0.25, 0.3) is 111 Å². The van der Waals surface area contributed by atoms with Crippen LogP contribution in [-0.4, -0.2) is 23.9 Å². The van der Waals surface area contributed by atoms with Gasteiger partial charge in [-0.05, 0) is 75.1 Å².